The van der Waals surface area contributed by atoms with Crippen LogP contribution in [0.3, 0.4) is 0 Å². The third kappa shape index (κ3) is 6.99. The van der Waals surface area contributed by atoms with Gasteiger partial charge in [0, 0.05) is 36.7 Å². The van der Waals surface area contributed by atoms with E-state index in [0.29, 0.717) is 32.5 Å². The lowest BCUT2D eigenvalue weighted by atomic mass is 9.82. The van der Waals surface area contributed by atoms with Gasteiger partial charge in [-0.3, -0.25) is 14.4 Å². The Morgan fingerprint density at radius 2 is 1.65 bits per heavy atom. The van der Waals surface area contributed by atoms with Crippen LogP contribution in [0.1, 0.15) is 67.7 Å². The van der Waals surface area contributed by atoms with Gasteiger partial charge in [0.1, 0.15) is 5.75 Å². The molecule has 0 bridgehead atoms. The summed E-state index contributed by atoms with van der Waals surface area (Å²) in [6, 6.07) is 32.0. The molecule has 8 rings (SSSR count). The molecule has 1 spiro atoms. The molecular formula is C47H55N3O6Si. The molecule has 2 saturated heterocycles. The number of hydrogen-bond donors (Lipinski definition) is 1. The van der Waals surface area contributed by atoms with E-state index < -0.39 is 19.8 Å². The van der Waals surface area contributed by atoms with Crippen LogP contribution < -0.4 is 19.7 Å². The number of carbonyl (C=O) groups excluding carboxylic acids is 3. The quantitative estimate of drug-likeness (QED) is 0.182. The Balaban J connectivity index is 1.15. The predicted molar refractivity (Wildman–Crippen MR) is 225 cm³/mol. The summed E-state index contributed by atoms with van der Waals surface area (Å²) in [5.41, 5.74) is 4.28. The van der Waals surface area contributed by atoms with Gasteiger partial charge in [0.2, 0.25) is 11.8 Å². The lowest BCUT2D eigenvalue weighted by Gasteiger charge is -2.39. The maximum absolute atomic E-state index is 15.4. The van der Waals surface area contributed by atoms with Gasteiger partial charge in [0.05, 0.1) is 52.6 Å². The molecule has 1 N–H and O–H groups in total. The third-order valence-corrected chi connectivity index (χ3v) is 17.8. The highest BCUT2D eigenvalue weighted by molar-refractivity contribution is 6.91. The topological polar surface area (TPSA) is 99.6 Å². The highest BCUT2D eigenvalue weighted by Gasteiger charge is 2.66. The zero-order valence-electron chi connectivity index (χ0n) is 33.7. The molecule has 57 heavy (non-hydrogen) atoms. The van der Waals surface area contributed by atoms with Crippen LogP contribution >= 0.6 is 0 Å². The molecule has 4 aliphatic rings. The van der Waals surface area contributed by atoms with E-state index in [2.05, 4.69) is 50.3 Å². The summed E-state index contributed by atoms with van der Waals surface area (Å²) in [6.45, 7) is 8.11. The first-order chi connectivity index (χ1) is 27.6. The van der Waals surface area contributed by atoms with Crippen molar-refractivity contribution in [1.82, 2.24) is 4.90 Å². The van der Waals surface area contributed by atoms with Gasteiger partial charge in [-0.25, -0.2) is 0 Å². The van der Waals surface area contributed by atoms with E-state index in [1.807, 2.05) is 81.4 Å². The number of benzene rings is 4. The molecular weight excluding hydrogens is 731 g/mol. The third-order valence-electron chi connectivity index (χ3n) is 13.4. The fourth-order valence-electron chi connectivity index (χ4n) is 10.4. The minimum Gasteiger partial charge on any atom is -0.497 e. The minimum atomic E-state index is -2.50. The van der Waals surface area contributed by atoms with Gasteiger partial charge in [-0.2, -0.15) is 0 Å². The van der Waals surface area contributed by atoms with Crippen LogP contribution in [-0.4, -0.2) is 68.2 Å². The second kappa shape index (κ2) is 15.9. The number of ether oxygens (including phenoxy) is 2. The van der Waals surface area contributed by atoms with Gasteiger partial charge in [0.25, 0.3) is 5.91 Å². The van der Waals surface area contributed by atoms with Crippen molar-refractivity contribution in [2.75, 3.05) is 30.1 Å². The number of nitrogens with zero attached hydrogens (tertiary/aromatic N) is 3. The number of carbonyl (C=O) groups is 3. The molecule has 4 aromatic rings. The number of fused-ring (bicyclic) bond motifs is 3. The molecule has 2 fully saturated rings. The summed E-state index contributed by atoms with van der Waals surface area (Å²) in [4.78, 5) is 48.8. The van der Waals surface area contributed by atoms with Crippen LogP contribution in [0, 0.1) is 5.92 Å². The Bertz CT molecular complexity index is 2140. The molecule has 10 heteroatoms. The van der Waals surface area contributed by atoms with Crippen LogP contribution in [0.2, 0.25) is 18.6 Å². The highest BCUT2D eigenvalue weighted by Crippen LogP contribution is 2.60. The lowest BCUT2D eigenvalue weighted by molar-refractivity contribution is -0.151. The van der Waals surface area contributed by atoms with Crippen molar-refractivity contribution >= 4 is 42.4 Å². The van der Waals surface area contributed by atoms with Crippen LogP contribution in [0.15, 0.2) is 97.1 Å². The minimum absolute atomic E-state index is 0.0755. The van der Waals surface area contributed by atoms with Crippen LogP contribution in [0.4, 0.5) is 11.4 Å². The maximum Gasteiger partial charge on any atom is 0.264 e. The van der Waals surface area contributed by atoms with Gasteiger partial charge in [-0.1, -0.05) is 105 Å². The summed E-state index contributed by atoms with van der Waals surface area (Å²) in [7, 11) is -0.836. The molecule has 9 nitrogen and oxygen atoms in total. The SMILES string of the molecule is COc1ccc([Si](C)(C)[C@H]2[C@H](CC(=O)N3Cc4ccccc4C[C@H]3CO)O[C@@]3(C(=O)N(Cc4cccc(N5CCCCCCC5=O)c4)c4ccccc43)[C@@H]2C)cc1. The van der Waals surface area contributed by atoms with Gasteiger partial charge < -0.3 is 29.3 Å². The molecule has 3 amide bonds. The van der Waals surface area contributed by atoms with Gasteiger partial charge >= 0.3 is 0 Å². The number of anilines is 2. The first-order valence-electron chi connectivity index (χ1n) is 20.7. The number of aliphatic hydroxyl groups is 1. The molecule has 4 aromatic carbocycles. The van der Waals surface area contributed by atoms with Gasteiger partial charge in [-0.15, -0.1) is 0 Å². The van der Waals surface area contributed by atoms with Gasteiger partial charge in [0.15, 0.2) is 5.60 Å². The van der Waals surface area contributed by atoms with E-state index >= 15 is 4.79 Å². The Labute approximate surface area is 337 Å². The molecule has 5 atom stereocenters. The maximum atomic E-state index is 15.4. The molecule has 0 saturated carbocycles. The molecule has 4 aliphatic heterocycles. The summed E-state index contributed by atoms with van der Waals surface area (Å²) in [5.74, 6) is 0.463. The Morgan fingerprint density at radius 1 is 0.912 bits per heavy atom. The molecule has 4 heterocycles. The number of aliphatic hydroxyl groups excluding tert-OH is 1. The lowest BCUT2D eigenvalue weighted by Crippen LogP contribution is -2.52. The van der Waals surface area contributed by atoms with Gasteiger partial charge in [-0.05, 0) is 71.8 Å². The smallest absolute Gasteiger partial charge is 0.264 e. The Kier molecular flexibility index (Phi) is 10.9. The summed E-state index contributed by atoms with van der Waals surface area (Å²) in [6.07, 6.45) is 4.77. The van der Waals surface area contributed by atoms with Crippen LogP contribution in [0.5, 0.6) is 5.75 Å². The molecule has 0 aliphatic carbocycles. The average Bonchev–Trinajstić information content (AvgIpc) is 3.64. The first-order valence-corrected chi connectivity index (χ1v) is 23.7. The summed E-state index contributed by atoms with van der Waals surface area (Å²) >= 11 is 0. The van der Waals surface area contributed by atoms with Crippen molar-refractivity contribution in [2.45, 2.75) is 101 Å². The first kappa shape index (κ1) is 39.1. The molecule has 0 radical (unpaired) electrons. The van der Waals surface area contributed by atoms with Crippen molar-refractivity contribution in [3.8, 4) is 5.75 Å². The fraction of sp³-hybridized carbons (Fsp3) is 0.426. The second-order valence-electron chi connectivity index (χ2n) is 17.0. The number of para-hydroxylation sites is 1. The number of amides is 3. The van der Waals surface area contributed by atoms with Crippen LogP contribution in [-0.2, 0) is 44.2 Å². The number of rotatable bonds is 9. The molecule has 298 valence electrons. The van der Waals surface area contributed by atoms with E-state index in [4.69, 9.17) is 9.47 Å². The zero-order valence-corrected chi connectivity index (χ0v) is 34.7. The van der Waals surface area contributed by atoms with E-state index in [-0.39, 0.29) is 48.3 Å². The fourth-order valence-corrected chi connectivity index (χ4v) is 14.4. The Hall–Kier alpha value is -4.77. The van der Waals surface area contributed by atoms with E-state index in [1.165, 1.54) is 5.19 Å². The van der Waals surface area contributed by atoms with E-state index in [0.717, 1.165) is 65.1 Å². The Morgan fingerprint density at radius 3 is 2.42 bits per heavy atom. The van der Waals surface area contributed by atoms with E-state index in [1.54, 1.807) is 7.11 Å². The standard InChI is InChI=1S/C47H55N3O6Si/c1-32-45(57(3,4)39-23-21-38(55-2)22-24-39)42(28-44(53)49-30-35-16-9-8-15-34(35)27-37(49)31-51)56-47(32)40-18-10-11-19-41(40)50(46(47)54)29-33-14-13-17-36(26-33)48-25-12-6-5-7-20-43(48)52/h8-11,13-19,21-24,26,32,37,42,45,51H,5-7,12,20,25,27-31H2,1-4H3/t32-,37+,42+,45-,47+/m1/s1. The molecule has 0 aromatic heterocycles. The van der Waals surface area contributed by atoms with Crippen molar-refractivity contribution in [3.05, 3.63) is 119 Å². The number of methoxy groups -OCH3 is 1. The second-order valence-corrected chi connectivity index (χ2v) is 21.7. The predicted octanol–water partition coefficient (Wildman–Crippen LogP) is 7.09. The summed E-state index contributed by atoms with van der Waals surface area (Å²) in [5, 5.41) is 11.7. The van der Waals surface area contributed by atoms with Crippen molar-refractivity contribution in [3.63, 3.8) is 0 Å². The largest absolute Gasteiger partial charge is 0.497 e. The monoisotopic (exact) mass is 785 g/mol. The van der Waals surface area contributed by atoms with Crippen molar-refractivity contribution in [1.29, 1.82) is 0 Å². The normalized spacial score (nSPS) is 25.0. The zero-order chi connectivity index (χ0) is 39.9. The van der Waals surface area contributed by atoms with E-state index in [9.17, 15) is 14.7 Å². The highest BCUT2D eigenvalue weighted by atomic mass is 28.3. The van der Waals surface area contributed by atoms with Crippen molar-refractivity contribution < 1.29 is 29.0 Å². The molecule has 0 unspecified atom stereocenters. The van der Waals surface area contributed by atoms with Crippen LogP contribution in [0.25, 0.3) is 0 Å². The number of hydrogen-bond acceptors (Lipinski definition) is 6. The van der Waals surface area contributed by atoms with Crippen molar-refractivity contribution in [2.24, 2.45) is 5.92 Å². The average molecular weight is 786 g/mol. The summed E-state index contributed by atoms with van der Waals surface area (Å²) < 4.78 is 12.8.